The van der Waals surface area contributed by atoms with E-state index in [0.717, 1.165) is 12.1 Å². The van der Waals surface area contributed by atoms with E-state index in [9.17, 15) is 27.2 Å². The molecule has 158 valence electrons. The maximum absolute atomic E-state index is 13.8. The zero-order valence-corrected chi connectivity index (χ0v) is 15.1. The number of nitrogens with zero attached hydrogens (tertiary/aromatic N) is 1. The molecule has 2 saturated heterocycles. The predicted octanol–water partition coefficient (Wildman–Crippen LogP) is 2.82. The van der Waals surface area contributed by atoms with Crippen LogP contribution >= 0.6 is 0 Å². The Balaban J connectivity index is 1.17. The van der Waals surface area contributed by atoms with Gasteiger partial charge in [-0.15, -0.1) is 0 Å². The molecule has 2 amide bonds. The van der Waals surface area contributed by atoms with Crippen LogP contribution in [0.4, 0.5) is 27.2 Å². The Morgan fingerprint density at radius 1 is 1.28 bits per heavy atom. The number of cyclic esters (lactones) is 1. The lowest BCUT2D eigenvalue weighted by Crippen LogP contribution is -2.70. The molecule has 4 rings (SSSR count). The molecular weight excluding hydrogens is 400 g/mol. The molecule has 29 heavy (non-hydrogen) atoms. The molecule has 0 bridgehead atoms. The van der Waals surface area contributed by atoms with E-state index in [1.165, 1.54) is 4.90 Å². The minimum atomic E-state index is -4.60. The number of amides is 2. The Hall–Kier alpha value is -2.56. The number of ether oxygens (including phenoxy) is 3. The van der Waals surface area contributed by atoms with Crippen LogP contribution in [0, 0.1) is 5.82 Å². The van der Waals surface area contributed by atoms with Crippen molar-refractivity contribution < 1.29 is 41.4 Å². The minimum Gasteiger partial charge on any atom is -0.447 e. The van der Waals surface area contributed by atoms with Gasteiger partial charge in [0.15, 0.2) is 0 Å². The summed E-state index contributed by atoms with van der Waals surface area (Å²) in [6.45, 7) is 0.688. The van der Waals surface area contributed by atoms with E-state index >= 15 is 0 Å². The van der Waals surface area contributed by atoms with Crippen molar-refractivity contribution in [2.75, 3.05) is 19.7 Å². The number of alkyl halides is 3. The predicted molar refractivity (Wildman–Crippen MR) is 88.3 cm³/mol. The van der Waals surface area contributed by atoms with Crippen LogP contribution in [0.1, 0.15) is 24.0 Å². The number of hydrogen-bond acceptors (Lipinski definition) is 5. The fourth-order valence-corrected chi connectivity index (χ4v) is 3.49. The SMILES string of the molecule is O=C1NC2(CO1)CN(C(=O)OC1CC(OCc3ccc(C(F)(F)F)cc3F)C1)C2. The lowest BCUT2D eigenvalue weighted by molar-refractivity contribution is -0.137. The van der Waals surface area contributed by atoms with Gasteiger partial charge in [-0.2, -0.15) is 13.2 Å². The zero-order valence-electron chi connectivity index (χ0n) is 15.1. The molecule has 1 N–H and O–H groups in total. The van der Waals surface area contributed by atoms with Gasteiger partial charge in [0.25, 0.3) is 0 Å². The summed E-state index contributed by atoms with van der Waals surface area (Å²) in [5.74, 6) is -0.975. The first-order chi connectivity index (χ1) is 13.6. The average Bonchev–Trinajstić information content (AvgIpc) is 2.97. The van der Waals surface area contributed by atoms with Gasteiger partial charge in [0.1, 0.15) is 24.1 Å². The molecule has 0 radical (unpaired) electrons. The topological polar surface area (TPSA) is 77.1 Å². The molecule has 11 heteroatoms. The van der Waals surface area contributed by atoms with E-state index in [1.54, 1.807) is 0 Å². The van der Waals surface area contributed by atoms with Gasteiger partial charge in [0, 0.05) is 18.4 Å². The lowest BCUT2D eigenvalue weighted by atomic mass is 9.91. The van der Waals surface area contributed by atoms with Crippen molar-refractivity contribution in [3.8, 4) is 0 Å². The number of carbonyl (C=O) groups excluding carboxylic acids is 2. The maximum Gasteiger partial charge on any atom is 0.416 e. The average molecular weight is 418 g/mol. The van der Waals surface area contributed by atoms with Crippen LogP contribution in [-0.2, 0) is 27.0 Å². The molecule has 1 aromatic rings. The quantitative estimate of drug-likeness (QED) is 0.761. The van der Waals surface area contributed by atoms with Crippen molar-refractivity contribution in [1.82, 2.24) is 10.2 Å². The number of alkyl carbamates (subject to hydrolysis) is 1. The van der Waals surface area contributed by atoms with E-state index in [4.69, 9.17) is 14.2 Å². The van der Waals surface area contributed by atoms with Crippen molar-refractivity contribution in [3.05, 3.63) is 35.1 Å². The fourth-order valence-electron chi connectivity index (χ4n) is 3.49. The third-order valence-electron chi connectivity index (χ3n) is 5.27. The molecule has 1 saturated carbocycles. The Kier molecular flexibility index (Phi) is 4.80. The van der Waals surface area contributed by atoms with Crippen molar-refractivity contribution in [2.45, 2.75) is 43.4 Å². The minimum absolute atomic E-state index is 0.0325. The Morgan fingerprint density at radius 2 is 2.00 bits per heavy atom. The van der Waals surface area contributed by atoms with Crippen LogP contribution in [-0.4, -0.2) is 54.5 Å². The fraction of sp³-hybridized carbons (Fsp3) is 0.556. The molecule has 3 aliphatic rings. The Morgan fingerprint density at radius 3 is 2.59 bits per heavy atom. The Labute approximate surface area is 162 Å². The van der Waals surface area contributed by atoms with Crippen molar-refractivity contribution >= 4 is 12.2 Å². The number of nitrogens with one attached hydrogen (secondary N) is 1. The Bertz CT molecular complexity index is 819. The molecular formula is C18H18F4N2O5. The number of hydrogen-bond donors (Lipinski definition) is 1. The molecule has 0 aromatic heterocycles. The molecule has 1 spiro atoms. The smallest absolute Gasteiger partial charge is 0.416 e. The van der Waals surface area contributed by atoms with E-state index < -0.39 is 35.3 Å². The summed E-state index contributed by atoms with van der Waals surface area (Å²) in [6.07, 6.45) is -5.34. The number of carbonyl (C=O) groups is 2. The molecule has 1 aliphatic carbocycles. The van der Waals surface area contributed by atoms with Crippen LogP contribution in [0.2, 0.25) is 0 Å². The molecule has 2 heterocycles. The van der Waals surface area contributed by atoms with Crippen LogP contribution in [0.15, 0.2) is 18.2 Å². The van der Waals surface area contributed by atoms with E-state index in [2.05, 4.69) is 5.32 Å². The third-order valence-corrected chi connectivity index (χ3v) is 5.27. The second-order valence-corrected chi connectivity index (χ2v) is 7.55. The van der Waals surface area contributed by atoms with Crippen LogP contribution in [0.5, 0.6) is 0 Å². The monoisotopic (exact) mass is 418 g/mol. The summed E-state index contributed by atoms with van der Waals surface area (Å²) in [4.78, 5) is 24.6. The van der Waals surface area contributed by atoms with Gasteiger partial charge in [-0.1, -0.05) is 6.07 Å². The van der Waals surface area contributed by atoms with Gasteiger partial charge in [0.2, 0.25) is 0 Å². The van der Waals surface area contributed by atoms with Crippen molar-refractivity contribution in [1.29, 1.82) is 0 Å². The molecule has 7 nitrogen and oxygen atoms in total. The van der Waals surface area contributed by atoms with Crippen LogP contribution in [0.3, 0.4) is 0 Å². The van der Waals surface area contributed by atoms with Gasteiger partial charge in [-0.3, -0.25) is 0 Å². The summed E-state index contributed by atoms with van der Waals surface area (Å²) in [5, 5.41) is 2.66. The normalized spacial score (nSPS) is 25.1. The van der Waals surface area contributed by atoms with Gasteiger partial charge in [0.05, 0.1) is 31.4 Å². The lowest BCUT2D eigenvalue weighted by Gasteiger charge is -2.46. The highest BCUT2D eigenvalue weighted by Crippen LogP contribution is 2.32. The summed E-state index contributed by atoms with van der Waals surface area (Å²) in [5.41, 5.74) is -1.54. The molecule has 0 atom stereocenters. The van der Waals surface area contributed by atoms with Gasteiger partial charge in [-0.25, -0.2) is 14.0 Å². The summed E-state index contributed by atoms with van der Waals surface area (Å²) in [6, 6.07) is 2.31. The molecule has 1 aromatic carbocycles. The second-order valence-electron chi connectivity index (χ2n) is 7.55. The zero-order chi connectivity index (χ0) is 20.8. The molecule has 0 unspecified atom stereocenters. The van der Waals surface area contributed by atoms with E-state index in [1.807, 2.05) is 0 Å². The maximum atomic E-state index is 13.8. The van der Waals surface area contributed by atoms with E-state index in [0.29, 0.717) is 32.0 Å². The largest absolute Gasteiger partial charge is 0.447 e. The van der Waals surface area contributed by atoms with Gasteiger partial charge >= 0.3 is 18.4 Å². The first kappa shape index (κ1) is 19.7. The van der Waals surface area contributed by atoms with Gasteiger partial charge < -0.3 is 24.4 Å². The number of likely N-dealkylation sites (tertiary alicyclic amines) is 1. The summed E-state index contributed by atoms with van der Waals surface area (Å²) < 4.78 is 67.1. The third kappa shape index (κ3) is 4.09. The van der Waals surface area contributed by atoms with E-state index in [-0.39, 0.29) is 31.0 Å². The molecule has 2 aliphatic heterocycles. The van der Waals surface area contributed by atoms with Crippen molar-refractivity contribution in [2.24, 2.45) is 0 Å². The van der Waals surface area contributed by atoms with Crippen LogP contribution in [0.25, 0.3) is 0 Å². The van der Waals surface area contributed by atoms with Crippen LogP contribution < -0.4 is 5.32 Å². The first-order valence-corrected chi connectivity index (χ1v) is 9.01. The first-order valence-electron chi connectivity index (χ1n) is 9.01. The highest BCUT2D eigenvalue weighted by Gasteiger charge is 2.52. The second kappa shape index (κ2) is 7.05. The summed E-state index contributed by atoms with van der Waals surface area (Å²) in [7, 11) is 0. The standard InChI is InChI=1S/C18H18F4N2O5/c19-14-3-11(18(20,21)22)2-1-10(14)6-27-12-4-13(5-12)29-16(26)24-7-17(8-24)9-28-15(25)23-17/h1-3,12-13H,4-9H2,(H,23,25). The number of rotatable bonds is 4. The van der Waals surface area contributed by atoms with Gasteiger partial charge in [-0.05, 0) is 12.1 Å². The highest BCUT2D eigenvalue weighted by molar-refractivity contribution is 5.74. The summed E-state index contributed by atoms with van der Waals surface area (Å²) >= 11 is 0. The highest BCUT2D eigenvalue weighted by atomic mass is 19.4. The number of halogens is 4. The molecule has 3 fully saturated rings. The van der Waals surface area contributed by atoms with Crippen molar-refractivity contribution in [3.63, 3.8) is 0 Å². The number of benzene rings is 1.